The molecule has 2 heterocycles. The maximum absolute atomic E-state index is 12.2. The van der Waals surface area contributed by atoms with Gasteiger partial charge in [0.15, 0.2) is 0 Å². The van der Waals surface area contributed by atoms with Gasteiger partial charge >= 0.3 is 16.4 Å². The molecule has 0 radical (unpaired) electrons. The van der Waals surface area contributed by atoms with Gasteiger partial charge in [-0.2, -0.15) is 13.5 Å². The summed E-state index contributed by atoms with van der Waals surface area (Å²) in [4.78, 5) is 37.2. The van der Waals surface area contributed by atoms with E-state index in [1.165, 1.54) is 0 Å². The van der Waals surface area contributed by atoms with Crippen LogP contribution in [0.4, 0.5) is 4.79 Å². The Morgan fingerprint density at radius 1 is 1.38 bits per heavy atom. The summed E-state index contributed by atoms with van der Waals surface area (Å²) in [5, 5.41) is 0.556. The molecule has 3 N–H and O–H groups in total. The summed E-state index contributed by atoms with van der Waals surface area (Å²) in [6.45, 7) is 3.63. The lowest BCUT2D eigenvalue weighted by Crippen LogP contribution is -2.54. The third kappa shape index (κ3) is 3.94. The van der Waals surface area contributed by atoms with E-state index in [0.717, 1.165) is 4.90 Å². The minimum Gasteiger partial charge on any atom is -0.309 e. The molecular formula is C12H20N4O7S. The molecule has 11 nitrogen and oxygen atoms in total. The Morgan fingerprint density at radius 3 is 2.62 bits per heavy atom. The number of piperidine rings is 1. The van der Waals surface area contributed by atoms with Crippen molar-refractivity contribution in [3.05, 3.63) is 0 Å². The molecule has 2 rings (SSSR count). The molecule has 0 aromatic rings. The first-order chi connectivity index (χ1) is 11.1. The molecule has 4 amide bonds. The van der Waals surface area contributed by atoms with Crippen molar-refractivity contribution in [3.8, 4) is 0 Å². The van der Waals surface area contributed by atoms with Crippen LogP contribution in [-0.4, -0.2) is 59.4 Å². The molecule has 0 aromatic heterocycles. The minimum absolute atomic E-state index is 0.0890. The predicted octanol–water partition coefficient (Wildman–Crippen LogP) is -0.817. The first-order valence-corrected chi connectivity index (χ1v) is 8.87. The number of fused-ring (bicyclic) bond motifs is 2. The summed E-state index contributed by atoms with van der Waals surface area (Å²) in [5.74, 6) is -1.19. The normalized spacial score (nSPS) is 24.7. The van der Waals surface area contributed by atoms with Crippen molar-refractivity contribution in [2.45, 2.75) is 45.2 Å². The lowest BCUT2D eigenvalue weighted by molar-refractivity contribution is -0.133. The van der Waals surface area contributed by atoms with Crippen LogP contribution in [0.5, 0.6) is 0 Å². The van der Waals surface area contributed by atoms with Gasteiger partial charge in [-0.3, -0.25) is 25.0 Å². The molecule has 0 aromatic carbocycles. The van der Waals surface area contributed by atoms with Crippen molar-refractivity contribution >= 4 is 28.2 Å². The smallest absolute Gasteiger partial charge is 0.309 e. The Kier molecular flexibility index (Phi) is 5.30. The monoisotopic (exact) mass is 364 g/mol. The van der Waals surface area contributed by atoms with Crippen molar-refractivity contribution in [3.63, 3.8) is 0 Å². The van der Waals surface area contributed by atoms with E-state index in [0.29, 0.717) is 17.9 Å². The fourth-order valence-corrected chi connectivity index (χ4v) is 3.01. The Labute approximate surface area is 139 Å². The summed E-state index contributed by atoms with van der Waals surface area (Å²) >= 11 is 0. The van der Waals surface area contributed by atoms with Crippen LogP contribution in [0.25, 0.3) is 0 Å². The molecule has 0 aliphatic carbocycles. The third-order valence-corrected chi connectivity index (χ3v) is 4.52. The minimum atomic E-state index is -4.83. The van der Waals surface area contributed by atoms with E-state index in [4.69, 9.17) is 4.55 Å². The fourth-order valence-electron chi connectivity index (χ4n) is 2.62. The molecule has 1 unspecified atom stereocenters. The number of hydrogen-bond acceptors (Lipinski definition) is 6. The second kappa shape index (κ2) is 6.91. The highest BCUT2D eigenvalue weighted by atomic mass is 32.3. The van der Waals surface area contributed by atoms with Crippen molar-refractivity contribution in [2.24, 2.45) is 5.92 Å². The van der Waals surface area contributed by atoms with E-state index >= 15 is 0 Å². The van der Waals surface area contributed by atoms with Gasteiger partial charge in [0.1, 0.15) is 6.04 Å². The van der Waals surface area contributed by atoms with Gasteiger partial charge in [-0.15, -0.1) is 4.28 Å². The molecule has 2 aliphatic rings. The van der Waals surface area contributed by atoms with Gasteiger partial charge in [0.2, 0.25) is 5.91 Å². The first kappa shape index (κ1) is 18.4. The largest absolute Gasteiger partial charge is 0.418 e. The van der Waals surface area contributed by atoms with Crippen molar-refractivity contribution in [1.82, 2.24) is 20.8 Å². The quantitative estimate of drug-likeness (QED) is 0.427. The van der Waals surface area contributed by atoms with Crippen LogP contribution < -0.4 is 10.9 Å². The maximum Gasteiger partial charge on any atom is 0.418 e. The van der Waals surface area contributed by atoms with Crippen LogP contribution in [0.3, 0.4) is 0 Å². The third-order valence-electron chi connectivity index (χ3n) is 4.17. The van der Waals surface area contributed by atoms with Gasteiger partial charge in [-0.1, -0.05) is 13.8 Å². The molecule has 2 fully saturated rings. The first-order valence-electron chi connectivity index (χ1n) is 7.50. The van der Waals surface area contributed by atoms with Crippen LogP contribution in [0.15, 0.2) is 0 Å². The number of nitrogens with zero attached hydrogens (tertiary/aromatic N) is 2. The molecule has 136 valence electrons. The van der Waals surface area contributed by atoms with E-state index in [1.807, 2.05) is 6.92 Å². The number of carbonyl (C=O) groups excluding carboxylic acids is 3. The highest BCUT2D eigenvalue weighted by Crippen LogP contribution is 2.30. The van der Waals surface area contributed by atoms with E-state index < -0.39 is 34.4 Å². The van der Waals surface area contributed by atoms with Crippen LogP contribution in [0, 0.1) is 5.92 Å². The molecular weight excluding hydrogens is 344 g/mol. The lowest BCUT2D eigenvalue weighted by Gasteiger charge is -2.29. The van der Waals surface area contributed by atoms with Gasteiger partial charge in [-0.05, 0) is 19.3 Å². The summed E-state index contributed by atoms with van der Waals surface area (Å²) < 4.78 is 34.6. The summed E-state index contributed by atoms with van der Waals surface area (Å²) in [7, 11) is -4.83. The highest BCUT2D eigenvalue weighted by Gasteiger charge is 2.49. The fraction of sp³-hybridized carbons (Fsp3) is 0.750. The van der Waals surface area contributed by atoms with Gasteiger partial charge in [0.25, 0.3) is 5.91 Å². The Balaban J connectivity index is 1.98. The van der Waals surface area contributed by atoms with E-state index in [2.05, 4.69) is 15.1 Å². The Hall–Kier alpha value is -1.92. The second-order valence-corrected chi connectivity index (χ2v) is 6.80. The van der Waals surface area contributed by atoms with E-state index in [9.17, 15) is 22.8 Å². The number of hydrogen-bond donors (Lipinski definition) is 3. The topological polar surface area (TPSA) is 145 Å². The van der Waals surface area contributed by atoms with Crippen LogP contribution in [-0.2, 0) is 24.3 Å². The molecule has 2 aliphatic heterocycles. The molecule has 2 bridgehead atoms. The van der Waals surface area contributed by atoms with Gasteiger partial charge in [-0.25, -0.2) is 4.79 Å². The summed E-state index contributed by atoms with van der Waals surface area (Å²) in [6, 6.07) is -2.26. The molecule has 24 heavy (non-hydrogen) atoms. The Morgan fingerprint density at radius 2 is 2.04 bits per heavy atom. The van der Waals surface area contributed by atoms with Crippen LogP contribution in [0.2, 0.25) is 0 Å². The number of amides is 4. The van der Waals surface area contributed by atoms with Crippen molar-refractivity contribution in [2.75, 3.05) is 6.54 Å². The lowest BCUT2D eigenvalue weighted by atomic mass is 10.0. The number of hydrazine groups is 1. The standard InChI is InChI=1S/C12H20N4O7S/c1-3-7(2)10(17)13-14-11(18)9-5-4-8-6-15(9)12(19)16(8)23-24(20,21)22/h7-9H,3-6H2,1-2H3,(H,13,17)(H,14,18)(H,20,21,22)/t7?,8-,9+/m1/s1. The molecule has 12 heteroatoms. The number of urea groups is 1. The Bertz CT molecular complexity index is 637. The number of hydroxylamine groups is 2. The average molecular weight is 364 g/mol. The average Bonchev–Trinajstić information content (AvgIpc) is 2.75. The van der Waals surface area contributed by atoms with Gasteiger partial charge in [0.05, 0.1) is 6.04 Å². The van der Waals surface area contributed by atoms with E-state index in [-0.39, 0.29) is 24.8 Å². The zero-order valence-electron chi connectivity index (χ0n) is 13.3. The molecule has 0 spiro atoms. The molecule has 3 atom stereocenters. The zero-order chi connectivity index (χ0) is 18.1. The molecule has 2 saturated heterocycles. The van der Waals surface area contributed by atoms with Crippen LogP contribution in [0.1, 0.15) is 33.1 Å². The van der Waals surface area contributed by atoms with E-state index in [1.54, 1.807) is 6.92 Å². The number of rotatable bonds is 5. The maximum atomic E-state index is 12.2. The second-order valence-electron chi connectivity index (χ2n) is 5.80. The summed E-state index contributed by atoms with van der Waals surface area (Å²) in [5.41, 5.74) is 4.57. The zero-order valence-corrected chi connectivity index (χ0v) is 14.1. The highest BCUT2D eigenvalue weighted by molar-refractivity contribution is 7.80. The number of nitrogens with one attached hydrogen (secondary N) is 2. The SMILES string of the molecule is CCC(C)C(=O)NNC(=O)[C@@H]1CC[C@@H]2CN1C(=O)N2OS(=O)(=O)O. The van der Waals surface area contributed by atoms with Crippen LogP contribution >= 0.6 is 0 Å². The number of carbonyl (C=O) groups is 3. The molecule has 0 saturated carbocycles. The van der Waals surface area contributed by atoms with Crippen molar-refractivity contribution in [1.29, 1.82) is 0 Å². The van der Waals surface area contributed by atoms with Gasteiger partial charge < -0.3 is 4.90 Å². The predicted molar refractivity (Wildman–Crippen MR) is 79.1 cm³/mol. The van der Waals surface area contributed by atoms with Gasteiger partial charge in [0, 0.05) is 12.5 Å². The van der Waals surface area contributed by atoms with Crippen molar-refractivity contribution < 1.29 is 31.6 Å². The summed E-state index contributed by atoms with van der Waals surface area (Å²) in [6.07, 6.45) is 1.20.